The first-order valence-corrected chi connectivity index (χ1v) is 6.44. The molecule has 1 N–H and O–H groups in total. The normalized spacial score (nSPS) is 10.7. The van der Waals surface area contributed by atoms with Gasteiger partial charge < -0.3 is 14.2 Å². The molecule has 0 amide bonds. The minimum absolute atomic E-state index is 0.0665. The van der Waals surface area contributed by atoms with E-state index in [1.807, 2.05) is 0 Å². The Labute approximate surface area is 124 Å². The predicted molar refractivity (Wildman–Crippen MR) is 75.7 cm³/mol. The molecule has 0 fully saturated rings. The van der Waals surface area contributed by atoms with Gasteiger partial charge in [-0.25, -0.2) is 9.78 Å². The summed E-state index contributed by atoms with van der Waals surface area (Å²) in [5, 5.41) is 9.67. The third-order valence-electron chi connectivity index (χ3n) is 2.86. The Bertz CT molecular complexity index is 816. The molecule has 21 heavy (non-hydrogen) atoms. The number of carbonyl (C=O) groups is 1. The van der Waals surface area contributed by atoms with Crippen molar-refractivity contribution in [2.45, 2.75) is 6.61 Å². The van der Waals surface area contributed by atoms with Gasteiger partial charge in [-0.15, -0.1) is 0 Å². The molecule has 0 aromatic carbocycles. The van der Waals surface area contributed by atoms with E-state index in [1.165, 1.54) is 18.5 Å². The number of rotatable bonds is 4. The van der Waals surface area contributed by atoms with Crippen molar-refractivity contribution < 1.29 is 14.6 Å². The maximum absolute atomic E-state index is 11.1. The first-order valence-electron chi connectivity index (χ1n) is 6.07. The molecule has 0 spiro atoms. The molecule has 0 unspecified atom stereocenters. The van der Waals surface area contributed by atoms with Crippen molar-refractivity contribution in [3.8, 4) is 5.75 Å². The number of nitrogens with zero attached hydrogens (tertiary/aromatic N) is 3. The molecule has 7 heteroatoms. The lowest BCUT2D eigenvalue weighted by atomic mass is 10.2. The summed E-state index contributed by atoms with van der Waals surface area (Å²) in [5.41, 5.74) is 1.47. The second kappa shape index (κ2) is 5.41. The number of carboxylic acids is 1. The molecule has 3 aromatic rings. The van der Waals surface area contributed by atoms with E-state index in [-0.39, 0.29) is 17.9 Å². The molecule has 0 atom stereocenters. The monoisotopic (exact) mass is 303 g/mol. The number of imidazole rings is 1. The number of pyridine rings is 2. The molecule has 0 saturated carbocycles. The zero-order chi connectivity index (χ0) is 14.8. The van der Waals surface area contributed by atoms with Crippen molar-refractivity contribution in [3.05, 3.63) is 59.3 Å². The van der Waals surface area contributed by atoms with Gasteiger partial charge in [0.15, 0.2) is 5.75 Å². The fourth-order valence-corrected chi connectivity index (χ4v) is 2.08. The minimum Gasteiger partial charge on any atom is -0.485 e. The predicted octanol–water partition coefficient (Wildman–Crippen LogP) is 2.66. The number of aromatic carboxylic acids is 1. The molecule has 0 bridgehead atoms. The molecule has 0 saturated heterocycles. The van der Waals surface area contributed by atoms with E-state index in [2.05, 4.69) is 9.97 Å². The van der Waals surface area contributed by atoms with Crippen LogP contribution in [0.1, 0.15) is 16.1 Å². The Kier molecular flexibility index (Phi) is 3.45. The smallest absolute Gasteiger partial charge is 0.339 e. The van der Waals surface area contributed by atoms with Gasteiger partial charge in [-0.05, 0) is 18.2 Å². The highest BCUT2D eigenvalue weighted by Gasteiger charge is 2.11. The number of carboxylic acid groups (broad SMARTS) is 1. The van der Waals surface area contributed by atoms with E-state index < -0.39 is 5.97 Å². The quantitative estimate of drug-likeness (QED) is 0.802. The highest BCUT2D eigenvalue weighted by Crippen LogP contribution is 2.18. The largest absolute Gasteiger partial charge is 0.485 e. The van der Waals surface area contributed by atoms with Crippen LogP contribution >= 0.6 is 11.6 Å². The van der Waals surface area contributed by atoms with E-state index in [0.29, 0.717) is 10.7 Å². The second-order valence-corrected chi connectivity index (χ2v) is 4.75. The summed E-state index contributed by atoms with van der Waals surface area (Å²) >= 11 is 5.90. The van der Waals surface area contributed by atoms with Crippen LogP contribution in [0.4, 0.5) is 0 Å². The molecule has 0 aliphatic carbocycles. The molecular formula is C14H10ClN3O3. The summed E-state index contributed by atoms with van der Waals surface area (Å²) < 4.78 is 7.27. The average molecular weight is 304 g/mol. The van der Waals surface area contributed by atoms with Crippen LogP contribution in [0.2, 0.25) is 5.02 Å². The average Bonchev–Trinajstić information content (AvgIpc) is 2.87. The van der Waals surface area contributed by atoms with E-state index >= 15 is 0 Å². The zero-order valence-corrected chi connectivity index (χ0v) is 11.5. The lowest BCUT2D eigenvalue weighted by Crippen LogP contribution is -2.04. The number of fused-ring (bicyclic) bond motifs is 1. The van der Waals surface area contributed by atoms with E-state index in [4.69, 9.17) is 21.4 Å². The van der Waals surface area contributed by atoms with E-state index in [9.17, 15) is 4.79 Å². The molecule has 3 rings (SSSR count). The summed E-state index contributed by atoms with van der Waals surface area (Å²) in [4.78, 5) is 19.3. The third kappa shape index (κ3) is 2.80. The van der Waals surface area contributed by atoms with Gasteiger partial charge in [0.25, 0.3) is 0 Å². The van der Waals surface area contributed by atoms with Crippen LogP contribution in [0.25, 0.3) is 5.65 Å². The van der Waals surface area contributed by atoms with Gasteiger partial charge in [0, 0.05) is 18.6 Å². The molecular weight excluding hydrogens is 294 g/mol. The Hall–Kier alpha value is -2.60. The van der Waals surface area contributed by atoms with Crippen molar-refractivity contribution in [2.75, 3.05) is 0 Å². The van der Waals surface area contributed by atoms with Crippen molar-refractivity contribution >= 4 is 23.2 Å². The number of halogens is 1. The highest BCUT2D eigenvalue weighted by atomic mass is 35.5. The van der Waals surface area contributed by atoms with Crippen molar-refractivity contribution in [1.82, 2.24) is 14.4 Å². The second-order valence-electron chi connectivity index (χ2n) is 4.31. The van der Waals surface area contributed by atoms with Crippen molar-refractivity contribution in [3.63, 3.8) is 0 Å². The molecule has 3 heterocycles. The highest BCUT2D eigenvalue weighted by molar-refractivity contribution is 6.30. The Morgan fingerprint density at radius 1 is 1.33 bits per heavy atom. The minimum atomic E-state index is -1.06. The van der Waals surface area contributed by atoms with Gasteiger partial charge in [0.1, 0.15) is 17.8 Å². The van der Waals surface area contributed by atoms with E-state index in [1.54, 1.807) is 28.9 Å². The molecule has 0 radical (unpaired) electrons. The number of hydrogen-bond donors (Lipinski definition) is 1. The standard InChI is InChI=1S/C14H10ClN3O3/c15-9-1-2-13-17-10(7-18(13)6-9)8-21-12-5-16-4-3-11(12)14(19)20/h1-7H,8H2,(H,19,20). The van der Waals surface area contributed by atoms with Crippen LogP contribution in [-0.4, -0.2) is 25.4 Å². The van der Waals surface area contributed by atoms with Gasteiger partial charge in [-0.1, -0.05) is 11.6 Å². The fraction of sp³-hybridized carbons (Fsp3) is 0.0714. The maximum atomic E-state index is 11.1. The molecule has 6 nitrogen and oxygen atoms in total. The van der Waals surface area contributed by atoms with Crippen LogP contribution in [0, 0.1) is 0 Å². The third-order valence-corrected chi connectivity index (χ3v) is 3.08. The Morgan fingerprint density at radius 3 is 3.00 bits per heavy atom. The first-order chi connectivity index (χ1) is 10.1. The van der Waals surface area contributed by atoms with Gasteiger partial charge in [0.05, 0.1) is 16.9 Å². The van der Waals surface area contributed by atoms with Crippen molar-refractivity contribution in [1.29, 1.82) is 0 Å². The summed E-state index contributed by atoms with van der Waals surface area (Å²) in [6, 6.07) is 4.93. The SMILES string of the molecule is O=C(O)c1ccncc1OCc1cn2cc(Cl)ccc2n1. The Balaban J connectivity index is 1.82. The first kappa shape index (κ1) is 13.4. The van der Waals surface area contributed by atoms with Gasteiger partial charge in [-0.2, -0.15) is 0 Å². The topological polar surface area (TPSA) is 76.7 Å². The zero-order valence-electron chi connectivity index (χ0n) is 10.7. The maximum Gasteiger partial charge on any atom is 0.339 e. The summed E-state index contributed by atoms with van der Waals surface area (Å²) in [6.07, 6.45) is 6.29. The van der Waals surface area contributed by atoms with Crippen LogP contribution in [0.15, 0.2) is 43.0 Å². The van der Waals surface area contributed by atoms with Crippen LogP contribution in [0.5, 0.6) is 5.75 Å². The lowest BCUT2D eigenvalue weighted by Gasteiger charge is -2.06. The van der Waals surface area contributed by atoms with Crippen molar-refractivity contribution in [2.24, 2.45) is 0 Å². The summed E-state index contributed by atoms with van der Waals surface area (Å²) in [5.74, 6) is -0.853. The van der Waals surface area contributed by atoms with Gasteiger partial charge in [0.2, 0.25) is 0 Å². The number of hydrogen-bond acceptors (Lipinski definition) is 4. The van der Waals surface area contributed by atoms with Crippen LogP contribution < -0.4 is 4.74 Å². The molecule has 106 valence electrons. The van der Waals surface area contributed by atoms with E-state index in [0.717, 1.165) is 5.65 Å². The molecule has 0 aliphatic heterocycles. The van der Waals surface area contributed by atoms with Crippen LogP contribution in [0.3, 0.4) is 0 Å². The Morgan fingerprint density at radius 2 is 2.19 bits per heavy atom. The van der Waals surface area contributed by atoms with Gasteiger partial charge >= 0.3 is 5.97 Å². The summed E-state index contributed by atoms with van der Waals surface area (Å²) in [6.45, 7) is 0.144. The number of ether oxygens (including phenoxy) is 1. The van der Waals surface area contributed by atoms with Gasteiger partial charge in [-0.3, -0.25) is 4.98 Å². The van der Waals surface area contributed by atoms with Crippen LogP contribution in [-0.2, 0) is 6.61 Å². The number of aromatic nitrogens is 3. The fourth-order valence-electron chi connectivity index (χ4n) is 1.91. The molecule has 0 aliphatic rings. The summed E-state index contributed by atoms with van der Waals surface area (Å²) in [7, 11) is 0. The lowest BCUT2D eigenvalue weighted by molar-refractivity contribution is 0.0691. The molecule has 3 aromatic heterocycles.